The second-order valence-electron chi connectivity index (χ2n) is 5.53. The van der Waals surface area contributed by atoms with E-state index in [1.165, 1.54) is 0 Å². The lowest BCUT2D eigenvalue weighted by atomic mass is 10.1. The summed E-state index contributed by atoms with van der Waals surface area (Å²) in [5.41, 5.74) is 0.898. The quantitative estimate of drug-likeness (QED) is 0.781. The second-order valence-corrected chi connectivity index (χ2v) is 6.79. The van der Waals surface area contributed by atoms with Gasteiger partial charge >= 0.3 is 0 Å². The molecule has 1 unspecified atom stereocenters. The van der Waals surface area contributed by atoms with Crippen molar-refractivity contribution >= 4 is 33.4 Å². The lowest BCUT2D eigenvalue weighted by Crippen LogP contribution is -2.31. The molecule has 1 heterocycles. The number of carbonyl (C=O) groups excluding carboxylic acids is 1. The Morgan fingerprint density at radius 3 is 2.68 bits per heavy atom. The van der Waals surface area contributed by atoms with Crippen molar-refractivity contribution in [3.8, 4) is 17.2 Å². The summed E-state index contributed by atoms with van der Waals surface area (Å²) in [6.45, 7) is 2.82. The molecule has 0 fully saturated rings. The minimum Gasteiger partial charge on any atom is -0.486 e. The number of ether oxygens (including phenoxy) is 3. The highest BCUT2D eigenvalue weighted by molar-refractivity contribution is 9.10. The van der Waals surface area contributed by atoms with Gasteiger partial charge in [0.1, 0.15) is 19.0 Å². The normalized spacial score (nSPS) is 13.9. The number of benzene rings is 2. The summed E-state index contributed by atoms with van der Waals surface area (Å²) < 4.78 is 17.4. The molecule has 0 saturated carbocycles. The first-order valence-corrected chi connectivity index (χ1v) is 8.97. The zero-order valence-corrected chi connectivity index (χ0v) is 15.9. The van der Waals surface area contributed by atoms with Crippen LogP contribution in [0.1, 0.15) is 18.5 Å². The zero-order valence-electron chi connectivity index (χ0n) is 13.6. The Bertz CT molecular complexity index is 784. The Hall–Kier alpha value is -1.92. The largest absolute Gasteiger partial charge is 0.486 e. The van der Waals surface area contributed by atoms with Gasteiger partial charge in [-0.05, 0) is 36.8 Å². The summed E-state index contributed by atoms with van der Waals surface area (Å²) in [6, 6.07) is 10.5. The molecule has 0 aliphatic carbocycles. The van der Waals surface area contributed by atoms with Gasteiger partial charge in [0, 0.05) is 4.47 Å². The van der Waals surface area contributed by atoms with Crippen molar-refractivity contribution in [1.29, 1.82) is 0 Å². The number of fused-ring (bicyclic) bond motifs is 1. The van der Waals surface area contributed by atoms with Gasteiger partial charge in [0.15, 0.2) is 18.1 Å². The van der Waals surface area contributed by atoms with Gasteiger partial charge in [0.05, 0.1) is 11.1 Å². The maximum atomic E-state index is 12.2. The van der Waals surface area contributed by atoms with E-state index >= 15 is 0 Å². The predicted octanol–water partition coefficient (Wildman–Crippen LogP) is 4.13. The number of hydrogen-bond donors (Lipinski definition) is 1. The Kier molecular flexibility index (Phi) is 5.71. The van der Waals surface area contributed by atoms with Gasteiger partial charge in [-0.2, -0.15) is 0 Å². The summed E-state index contributed by atoms with van der Waals surface area (Å²) in [5.74, 6) is 1.61. The van der Waals surface area contributed by atoms with E-state index in [0.29, 0.717) is 35.5 Å². The van der Waals surface area contributed by atoms with Crippen LogP contribution in [-0.2, 0) is 4.79 Å². The van der Waals surface area contributed by atoms with Gasteiger partial charge in [0.2, 0.25) is 0 Å². The number of carbonyl (C=O) groups is 1. The number of nitrogens with one attached hydrogen (secondary N) is 1. The van der Waals surface area contributed by atoms with Crippen LogP contribution in [0.2, 0.25) is 5.02 Å². The number of amides is 1. The van der Waals surface area contributed by atoms with Crippen molar-refractivity contribution < 1.29 is 19.0 Å². The average Bonchev–Trinajstić information content (AvgIpc) is 2.60. The maximum Gasteiger partial charge on any atom is 0.258 e. The van der Waals surface area contributed by atoms with Crippen molar-refractivity contribution in [2.24, 2.45) is 0 Å². The summed E-state index contributed by atoms with van der Waals surface area (Å²) >= 11 is 9.52. The van der Waals surface area contributed by atoms with E-state index in [1.807, 2.05) is 19.1 Å². The Labute approximate surface area is 159 Å². The van der Waals surface area contributed by atoms with Crippen molar-refractivity contribution in [1.82, 2.24) is 5.32 Å². The molecule has 0 aromatic heterocycles. The first kappa shape index (κ1) is 17.9. The van der Waals surface area contributed by atoms with Crippen molar-refractivity contribution in [2.45, 2.75) is 13.0 Å². The molecule has 3 rings (SSSR count). The molecule has 2 aromatic rings. The number of hydrogen-bond acceptors (Lipinski definition) is 4. The molecule has 1 atom stereocenters. The molecule has 0 saturated heterocycles. The lowest BCUT2D eigenvalue weighted by molar-refractivity contribution is -0.123. The van der Waals surface area contributed by atoms with E-state index in [1.54, 1.807) is 24.3 Å². The fourth-order valence-corrected chi connectivity index (χ4v) is 3.33. The van der Waals surface area contributed by atoms with Crippen molar-refractivity contribution in [2.75, 3.05) is 19.8 Å². The Morgan fingerprint density at radius 1 is 1.28 bits per heavy atom. The molecule has 0 bridgehead atoms. The van der Waals surface area contributed by atoms with Crippen LogP contribution in [0.25, 0.3) is 0 Å². The van der Waals surface area contributed by atoms with Gasteiger partial charge in [-0.15, -0.1) is 0 Å². The van der Waals surface area contributed by atoms with Gasteiger partial charge in [0.25, 0.3) is 5.91 Å². The van der Waals surface area contributed by atoms with E-state index in [4.69, 9.17) is 25.8 Å². The molecular formula is C18H17BrClNO4. The Morgan fingerprint density at radius 2 is 1.96 bits per heavy atom. The van der Waals surface area contributed by atoms with Crippen LogP contribution < -0.4 is 19.5 Å². The summed E-state index contributed by atoms with van der Waals surface area (Å²) in [4.78, 5) is 12.2. The van der Waals surface area contributed by atoms with Crippen LogP contribution in [0.3, 0.4) is 0 Å². The number of halogens is 2. The van der Waals surface area contributed by atoms with E-state index in [9.17, 15) is 4.79 Å². The first-order valence-electron chi connectivity index (χ1n) is 7.80. The molecule has 0 spiro atoms. The summed E-state index contributed by atoms with van der Waals surface area (Å²) in [7, 11) is 0. The van der Waals surface area contributed by atoms with Crippen LogP contribution >= 0.6 is 27.5 Å². The van der Waals surface area contributed by atoms with Gasteiger partial charge < -0.3 is 19.5 Å². The van der Waals surface area contributed by atoms with Crippen molar-refractivity contribution in [3.05, 3.63) is 51.5 Å². The molecule has 0 radical (unpaired) electrons. The Balaban J connectivity index is 1.62. The van der Waals surface area contributed by atoms with Gasteiger partial charge in [-0.25, -0.2) is 0 Å². The molecule has 1 aliphatic heterocycles. The highest BCUT2D eigenvalue weighted by Crippen LogP contribution is 2.37. The van der Waals surface area contributed by atoms with E-state index < -0.39 is 0 Å². The highest BCUT2D eigenvalue weighted by atomic mass is 79.9. The third-order valence-electron chi connectivity index (χ3n) is 3.70. The lowest BCUT2D eigenvalue weighted by Gasteiger charge is -2.22. The average molecular weight is 427 g/mol. The van der Waals surface area contributed by atoms with Crippen LogP contribution in [0.15, 0.2) is 40.9 Å². The molecule has 2 aromatic carbocycles. The van der Waals surface area contributed by atoms with Crippen LogP contribution in [0, 0.1) is 0 Å². The monoisotopic (exact) mass is 425 g/mol. The molecule has 5 nitrogen and oxygen atoms in total. The van der Waals surface area contributed by atoms with Gasteiger partial charge in [-0.1, -0.05) is 39.7 Å². The fourth-order valence-electron chi connectivity index (χ4n) is 2.48. The third-order valence-corrected chi connectivity index (χ3v) is 4.70. The van der Waals surface area contributed by atoms with E-state index in [0.717, 1.165) is 10.0 Å². The SMILES string of the molecule is CC(NC(=O)COc1ccccc1Cl)c1cc2c(cc1Br)OCCO2. The number of rotatable bonds is 5. The fraction of sp³-hybridized carbons (Fsp3) is 0.278. The summed E-state index contributed by atoms with van der Waals surface area (Å²) in [5, 5.41) is 3.37. The molecule has 1 aliphatic rings. The standard InChI is InChI=1S/C18H17BrClNO4/c1-11(12-8-16-17(9-13(12)19)24-7-6-23-16)21-18(22)10-25-15-5-3-2-4-14(15)20/h2-5,8-9,11H,6-7,10H2,1H3,(H,21,22). The van der Waals surface area contributed by atoms with Crippen LogP contribution in [-0.4, -0.2) is 25.7 Å². The highest BCUT2D eigenvalue weighted by Gasteiger charge is 2.19. The molecule has 7 heteroatoms. The molecular weight excluding hydrogens is 410 g/mol. The van der Waals surface area contributed by atoms with Crippen molar-refractivity contribution in [3.63, 3.8) is 0 Å². The third kappa shape index (κ3) is 4.38. The molecule has 1 N–H and O–H groups in total. The van der Waals surface area contributed by atoms with E-state index in [2.05, 4.69) is 21.2 Å². The van der Waals surface area contributed by atoms with Crippen LogP contribution in [0.4, 0.5) is 0 Å². The second kappa shape index (κ2) is 7.97. The zero-order chi connectivity index (χ0) is 17.8. The summed E-state index contributed by atoms with van der Waals surface area (Å²) in [6.07, 6.45) is 0. The number of para-hydroxylation sites is 1. The molecule has 132 valence electrons. The van der Waals surface area contributed by atoms with Gasteiger partial charge in [-0.3, -0.25) is 4.79 Å². The molecule has 1 amide bonds. The minimum atomic E-state index is -0.241. The topological polar surface area (TPSA) is 56.8 Å². The minimum absolute atomic E-state index is 0.115. The van der Waals surface area contributed by atoms with Crippen LogP contribution in [0.5, 0.6) is 17.2 Å². The maximum absolute atomic E-state index is 12.2. The smallest absolute Gasteiger partial charge is 0.258 e. The molecule has 25 heavy (non-hydrogen) atoms. The van der Waals surface area contributed by atoms with E-state index in [-0.39, 0.29) is 18.6 Å². The predicted molar refractivity (Wildman–Crippen MR) is 98.6 cm³/mol. The first-order chi connectivity index (χ1) is 12.0.